The summed E-state index contributed by atoms with van der Waals surface area (Å²) >= 11 is 0. The SMILES string of the molecule is CCCCc1ccc(NC(=O)N/C=C/C2CCCC2)cc1. The number of anilines is 1. The molecule has 1 aromatic rings. The summed E-state index contributed by atoms with van der Waals surface area (Å²) in [6.07, 6.45) is 12.5. The molecule has 0 aliphatic heterocycles. The molecular formula is C18H26N2O. The molecule has 0 unspecified atom stereocenters. The van der Waals surface area contributed by atoms with E-state index in [0.29, 0.717) is 5.92 Å². The largest absolute Gasteiger partial charge is 0.323 e. The average molecular weight is 286 g/mol. The molecule has 2 rings (SSSR count). The second-order valence-corrected chi connectivity index (χ2v) is 5.80. The average Bonchev–Trinajstić information content (AvgIpc) is 3.00. The Morgan fingerprint density at radius 3 is 2.62 bits per heavy atom. The van der Waals surface area contributed by atoms with E-state index >= 15 is 0 Å². The van der Waals surface area contributed by atoms with E-state index in [4.69, 9.17) is 0 Å². The Morgan fingerprint density at radius 2 is 1.95 bits per heavy atom. The molecular weight excluding hydrogens is 260 g/mol. The summed E-state index contributed by atoms with van der Waals surface area (Å²) in [6, 6.07) is 7.92. The number of urea groups is 1. The van der Waals surface area contributed by atoms with E-state index < -0.39 is 0 Å². The zero-order valence-corrected chi connectivity index (χ0v) is 12.9. The van der Waals surface area contributed by atoms with Crippen molar-refractivity contribution < 1.29 is 4.79 Å². The van der Waals surface area contributed by atoms with E-state index in [1.807, 2.05) is 12.1 Å². The summed E-state index contributed by atoms with van der Waals surface area (Å²) in [6.45, 7) is 2.19. The monoisotopic (exact) mass is 286 g/mol. The highest BCUT2D eigenvalue weighted by atomic mass is 16.2. The molecule has 1 aliphatic rings. The Kier molecular flexibility index (Phi) is 6.32. The van der Waals surface area contributed by atoms with Gasteiger partial charge < -0.3 is 10.6 Å². The number of amides is 2. The molecule has 3 heteroatoms. The minimum Gasteiger partial charge on any atom is -0.315 e. The Hall–Kier alpha value is -1.77. The van der Waals surface area contributed by atoms with Gasteiger partial charge >= 0.3 is 6.03 Å². The number of allylic oxidation sites excluding steroid dienone is 1. The van der Waals surface area contributed by atoms with Gasteiger partial charge in [0, 0.05) is 11.9 Å². The number of rotatable bonds is 6. The van der Waals surface area contributed by atoms with Gasteiger partial charge in [0.05, 0.1) is 0 Å². The first-order valence-electron chi connectivity index (χ1n) is 8.11. The topological polar surface area (TPSA) is 41.1 Å². The fraction of sp³-hybridized carbons (Fsp3) is 0.500. The van der Waals surface area contributed by atoms with E-state index in [1.165, 1.54) is 44.1 Å². The number of hydrogen-bond donors (Lipinski definition) is 2. The Morgan fingerprint density at radius 1 is 1.24 bits per heavy atom. The lowest BCUT2D eigenvalue weighted by Crippen LogP contribution is -2.23. The fourth-order valence-electron chi connectivity index (χ4n) is 2.71. The van der Waals surface area contributed by atoms with E-state index in [9.17, 15) is 4.79 Å². The zero-order valence-electron chi connectivity index (χ0n) is 12.9. The van der Waals surface area contributed by atoms with Gasteiger partial charge in [-0.3, -0.25) is 0 Å². The van der Waals surface area contributed by atoms with Crippen LogP contribution in [0.1, 0.15) is 51.0 Å². The van der Waals surface area contributed by atoms with Crippen LogP contribution in [-0.4, -0.2) is 6.03 Å². The number of carbonyl (C=O) groups excluding carboxylic acids is 1. The van der Waals surface area contributed by atoms with Crippen LogP contribution in [0.5, 0.6) is 0 Å². The Bertz CT molecular complexity index is 459. The van der Waals surface area contributed by atoms with Crippen molar-refractivity contribution in [1.82, 2.24) is 5.32 Å². The molecule has 1 aromatic carbocycles. The molecule has 0 radical (unpaired) electrons. The molecule has 0 bridgehead atoms. The number of benzene rings is 1. The van der Waals surface area contributed by atoms with Crippen molar-refractivity contribution in [2.75, 3.05) is 5.32 Å². The van der Waals surface area contributed by atoms with Gasteiger partial charge in [0.25, 0.3) is 0 Å². The lowest BCUT2D eigenvalue weighted by Gasteiger charge is -2.06. The summed E-state index contributed by atoms with van der Waals surface area (Å²) in [5.41, 5.74) is 2.16. The highest BCUT2D eigenvalue weighted by Gasteiger charge is 2.11. The lowest BCUT2D eigenvalue weighted by molar-refractivity contribution is 0.255. The molecule has 0 heterocycles. The Balaban J connectivity index is 1.73. The van der Waals surface area contributed by atoms with Crippen molar-refractivity contribution in [3.63, 3.8) is 0 Å². The van der Waals surface area contributed by atoms with Crippen LogP contribution < -0.4 is 10.6 Å². The van der Waals surface area contributed by atoms with Crippen molar-refractivity contribution in [2.24, 2.45) is 5.92 Å². The van der Waals surface area contributed by atoms with Crippen LogP contribution in [0.2, 0.25) is 0 Å². The van der Waals surface area contributed by atoms with Crippen LogP contribution in [-0.2, 0) is 6.42 Å². The molecule has 0 aromatic heterocycles. The normalized spacial score (nSPS) is 15.5. The zero-order chi connectivity index (χ0) is 14.9. The predicted molar refractivity (Wildman–Crippen MR) is 88.3 cm³/mol. The quantitative estimate of drug-likeness (QED) is 0.770. The first-order valence-corrected chi connectivity index (χ1v) is 8.11. The van der Waals surface area contributed by atoms with Gasteiger partial charge in [0.15, 0.2) is 0 Å². The van der Waals surface area contributed by atoms with E-state index in [1.54, 1.807) is 6.20 Å². The van der Waals surface area contributed by atoms with Gasteiger partial charge in [-0.15, -0.1) is 0 Å². The van der Waals surface area contributed by atoms with Crippen LogP contribution in [0.3, 0.4) is 0 Å². The minimum atomic E-state index is -0.175. The highest BCUT2D eigenvalue weighted by Crippen LogP contribution is 2.25. The molecule has 0 atom stereocenters. The van der Waals surface area contributed by atoms with Gasteiger partial charge in [-0.25, -0.2) is 4.79 Å². The molecule has 114 valence electrons. The molecule has 21 heavy (non-hydrogen) atoms. The second kappa shape index (κ2) is 8.50. The molecule has 3 nitrogen and oxygen atoms in total. The number of hydrogen-bond acceptors (Lipinski definition) is 1. The molecule has 2 N–H and O–H groups in total. The molecule has 1 saturated carbocycles. The standard InChI is InChI=1S/C18H26N2O/c1-2-3-6-16-9-11-17(12-10-16)20-18(21)19-14-13-15-7-4-5-8-15/h9-15H,2-8H2,1H3,(H2,19,20,21)/b14-13+. The van der Waals surface area contributed by atoms with Gasteiger partial charge in [0.1, 0.15) is 0 Å². The van der Waals surface area contributed by atoms with Crippen molar-refractivity contribution >= 4 is 11.7 Å². The van der Waals surface area contributed by atoms with E-state index in [-0.39, 0.29) is 6.03 Å². The number of nitrogens with one attached hydrogen (secondary N) is 2. The second-order valence-electron chi connectivity index (χ2n) is 5.80. The van der Waals surface area contributed by atoms with E-state index in [0.717, 1.165) is 12.1 Å². The molecule has 1 aliphatic carbocycles. The van der Waals surface area contributed by atoms with Crippen LogP contribution >= 0.6 is 0 Å². The third kappa shape index (κ3) is 5.62. The molecule has 1 fully saturated rings. The van der Waals surface area contributed by atoms with Crippen LogP contribution in [0, 0.1) is 5.92 Å². The van der Waals surface area contributed by atoms with E-state index in [2.05, 4.69) is 35.8 Å². The van der Waals surface area contributed by atoms with Crippen molar-refractivity contribution in [3.8, 4) is 0 Å². The number of unbranched alkanes of at least 4 members (excludes halogenated alkanes) is 1. The molecule has 2 amide bonds. The van der Waals surface area contributed by atoms with Crippen molar-refractivity contribution in [2.45, 2.75) is 51.9 Å². The molecule has 0 spiro atoms. The Labute approximate surface area is 127 Å². The van der Waals surface area contributed by atoms with Crippen LogP contribution in [0.4, 0.5) is 10.5 Å². The summed E-state index contributed by atoms with van der Waals surface area (Å²) in [5.74, 6) is 0.642. The lowest BCUT2D eigenvalue weighted by atomic mass is 10.1. The van der Waals surface area contributed by atoms with Gasteiger partial charge in [-0.2, -0.15) is 0 Å². The number of aryl methyl sites for hydroxylation is 1. The maximum absolute atomic E-state index is 11.8. The summed E-state index contributed by atoms with van der Waals surface area (Å²) in [4.78, 5) is 11.8. The third-order valence-corrected chi connectivity index (χ3v) is 4.01. The molecule has 0 saturated heterocycles. The predicted octanol–water partition coefficient (Wildman–Crippen LogP) is 4.85. The maximum Gasteiger partial charge on any atom is 0.323 e. The maximum atomic E-state index is 11.8. The fourth-order valence-corrected chi connectivity index (χ4v) is 2.71. The first kappa shape index (κ1) is 15.6. The van der Waals surface area contributed by atoms with Crippen LogP contribution in [0.25, 0.3) is 0 Å². The van der Waals surface area contributed by atoms with Gasteiger partial charge in [0.2, 0.25) is 0 Å². The summed E-state index contributed by atoms with van der Waals surface area (Å²) < 4.78 is 0. The first-order chi connectivity index (χ1) is 10.3. The van der Waals surface area contributed by atoms with Gasteiger partial charge in [-0.05, 0) is 49.3 Å². The smallest absolute Gasteiger partial charge is 0.315 e. The van der Waals surface area contributed by atoms with Crippen LogP contribution in [0.15, 0.2) is 36.5 Å². The van der Waals surface area contributed by atoms with Crippen molar-refractivity contribution in [3.05, 3.63) is 42.1 Å². The van der Waals surface area contributed by atoms with Crippen molar-refractivity contribution in [1.29, 1.82) is 0 Å². The summed E-state index contributed by atoms with van der Waals surface area (Å²) in [7, 11) is 0. The minimum absolute atomic E-state index is 0.175. The number of carbonyl (C=O) groups is 1. The highest BCUT2D eigenvalue weighted by molar-refractivity contribution is 5.89. The third-order valence-electron chi connectivity index (χ3n) is 4.01. The summed E-state index contributed by atoms with van der Waals surface area (Å²) in [5, 5.41) is 5.63. The van der Waals surface area contributed by atoms with Gasteiger partial charge in [-0.1, -0.05) is 44.4 Å².